The molecule has 1 N–H and O–H groups in total. The van der Waals surface area contributed by atoms with Crippen molar-refractivity contribution in [2.45, 2.75) is 25.8 Å². The summed E-state index contributed by atoms with van der Waals surface area (Å²) < 4.78 is 1.58. The molecule has 0 spiro atoms. The second kappa shape index (κ2) is 6.00. The van der Waals surface area contributed by atoms with Crippen LogP contribution in [-0.4, -0.2) is 37.0 Å². The van der Waals surface area contributed by atoms with Gasteiger partial charge in [-0.1, -0.05) is 0 Å². The zero-order valence-electron chi connectivity index (χ0n) is 11.2. The van der Waals surface area contributed by atoms with Gasteiger partial charge in [-0.2, -0.15) is 5.10 Å². The lowest BCUT2D eigenvalue weighted by Crippen LogP contribution is -2.30. The van der Waals surface area contributed by atoms with Crippen LogP contribution >= 0.6 is 0 Å². The Morgan fingerprint density at radius 3 is 2.78 bits per heavy atom. The molecule has 2 rings (SSSR count). The first-order chi connectivity index (χ1) is 8.66. The summed E-state index contributed by atoms with van der Waals surface area (Å²) in [5.41, 5.74) is 0.855. The molecule has 1 aliphatic rings. The summed E-state index contributed by atoms with van der Waals surface area (Å²) in [5.74, 6) is 0.730. The van der Waals surface area contributed by atoms with E-state index in [0.29, 0.717) is 0 Å². The largest absolute Gasteiger partial charge is 0.376 e. The van der Waals surface area contributed by atoms with E-state index in [-0.39, 0.29) is 5.56 Å². The number of hydrogen-bond acceptors (Lipinski definition) is 4. The van der Waals surface area contributed by atoms with E-state index in [2.05, 4.69) is 10.4 Å². The molecule has 0 aliphatic carbocycles. The third-order valence-corrected chi connectivity index (χ3v) is 3.58. The van der Waals surface area contributed by atoms with Gasteiger partial charge >= 0.3 is 0 Å². The number of aryl methyl sites for hydroxylation is 1. The Bertz CT molecular complexity index is 435. The third kappa shape index (κ3) is 3.32. The van der Waals surface area contributed by atoms with Crippen molar-refractivity contribution in [3.05, 3.63) is 22.6 Å². The van der Waals surface area contributed by atoms with Crippen LogP contribution in [0.15, 0.2) is 17.1 Å². The molecule has 0 aromatic carbocycles. The Morgan fingerprint density at radius 2 is 2.17 bits per heavy atom. The molecule has 0 saturated carbocycles. The molecule has 5 heteroatoms. The Hall–Kier alpha value is -1.36. The van der Waals surface area contributed by atoms with Crippen molar-refractivity contribution in [3.8, 4) is 0 Å². The summed E-state index contributed by atoms with van der Waals surface area (Å²) in [7, 11) is 3.83. The van der Waals surface area contributed by atoms with Gasteiger partial charge in [0.25, 0.3) is 5.56 Å². The second-order valence-corrected chi connectivity index (χ2v) is 5.15. The lowest BCUT2D eigenvalue weighted by Gasteiger charge is -2.22. The fourth-order valence-electron chi connectivity index (χ4n) is 2.31. The first-order valence-electron chi connectivity index (χ1n) is 6.62. The van der Waals surface area contributed by atoms with Gasteiger partial charge in [0.15, 0.2) is 0 Å². The van der Waals surface area contributed by atoms with Crippen molar-refractivity contribution < 1.29 is 0 Å². The highest BCUT2D eigenvalue weighted by Crippen LogP contribution is 2.16. The van der Waals surface area contributed by atoms with Crippen molar-refractivity contribution in [2.75, 3.05) is 32.1 Å². The van der Waals surface area contributed by atoms with E-state index in [9.17, 15) is 4.79 Å². The van der Waals surface area contributed by atoms with Crippen molar-refractivity contribution in [1.29, 1.82) is 0 Å². The van der Waals surface area contributed by atoms with E-state index in [1.54, 1.807) is 16.9 Å². The van der Waals surface area contributed by atoms with E-state index in [0.717, 1.165) is 37.7 Å². The second-order valence-electron chi connectivity index (χ2n) is 5.15. The number of hydrogen-bond donors (Lipinski definition) is 1. The van der Waals surface area contributed by atoms with Gasteiger partial charge in [-0.05, 0) is 38.3 Å². The molecule has 0 bridgehead atoms. The number of aromatic nitrogens is 2. The average molecular weight is 250 g/mol. The molecule has 1 aromatic heterocycles. The summed E-state index contributed by atoms with van der Waals surface area (Å²) in [5, 5.41) is 7.59. The molecule has 1 saturated heterocycles. The highest BCUT2D eigenvalue weighted by molar-refractivity contribution is 5.40. The monoisotopic (exact) mass is 250 g/mol. The molecular formula is C13H22N4O. The van der Waals surface area contributed by atoms with Gasteiger partial charge in [0, 0.05) is 26.7 Å². The first-order valence-corrected chi connectivity index (χ1v) is 6.62. The van der Waals surface area contributed by atoms with E-state index >= 15 is 0 Å². The van der Waals surface area contributed by atoms with Crippen LogP contribution in [0.25, 0.3) is 0 Å². The lowest BCUT2D eigenvalue weighted by molar-refractivity contribution is 0.329. The fraction of sp³-hybridized carbons (Fsp3) is 0.692. The van der Waals surface area contributed by atoms with E-state index < -0.39 is 0 Å². The molecule has 18 heavy (non-hydrogen) atoms. The number of nitrogens with zero attached hydrogens (tertiary/aromatic N) is 3. The smallest absolute Gasteiger partial charge is 0.268 e. The SMILES string of the molecule is CN(C)c1cnn(CCC2CCNCC2)c(=O)c1. The van der Waals surface area contributed by atoms with E-state index in [4.69, 9.17) is 0 Å². The van der Waals surface area contributed by atoms with Crippen molar-refractivity contribution >= 4 is 5.69 Å². The summed E-state index contributed by atoms with van der Waals surface area (Å²) in [6.45, 7) is 2.94. The molecule has 0 atom stereocenters. The molecular weight excluding hydrogens is 228 g/mol. The molecule has 1 aliphatic heterocycles. The standard InChI is InChI=1S/C13H22N4O/c1-16(2)12-9-13(18)17(15-10-12)8-5-11-3-6-14-7-4-11/h9-11,14H,3-8H2,1-2H3. The van der Waals surface area contributed by atoms with Gasteiger partial charge in [0.2, 0.25) is 0 Å². The van der Waals surface area contributed by atoms with Gasteiger partial charge < -0.3 is 10.2 Å². The Labute approximate surface area is 108 Å². The molecule has 0 amide bonds. The number of rotatable bonds is 4. The minimum atomic E-state index is -0.00451. The van der Waals surface area contributed by atoms with Gasteiger partial charge in [0.05, 0.1) is 11.9 Å². The van der Waals surface area contributed by atoms with Crippen LogP contribution in [0.2, 0.25) is 0 Å². The highest BCUT2D eigenvalue weighted by Gasteiger charge is 2.13. The Morgan fingerprint density at radius 1 is 1.44 bits per heavy atom. The quantitative estimate of drug-likeness (QED) is 0.854. The average Bonchev–Trinajstić information content (AvgIpc) is 2.38. The predicted molar refractivity (Wildman–Crippen MR) is 73.0 cm³/mol. The van der Waals surface area contributed by atoms with Crippen LogP contribution in [0, 0.1) is 5.92 Å². The minimum Gasteiger partial charge on any atom is -0.376 e. The fourth-order valence-corrected chi connectivity index (χ4v) is 2.31. The van der Waals surface area contributed by atoms with Gasteiger partial charge in [-0.15, -0.1) is 0 Å². The molecule has 1 fully saturated rings. The summed E-state index contributed by atoms with van der Waals surface area (Å²) >= 11 is 0. The number of anilines is 1. The first kappa shape index (κ1) is 13.1. The molecule has 5 nitrogen and oxygen atoms in total. The van der Waals surface area contributed by atoms with E-state index in [1.807, 2.05) is 19.0 Å². The van der Waals surface area contributed by atoms with E-state index in [1.165, 1.54) is 12.8 Å². The van der Waals surface area contributed by atoms with Crippen LogP contribution in [0.5, 0.6) is 0 Å². The highest BCUT2D eigenvalue weighted by atomic mass is 16.1. The maximum absolute atomic E-state index is 11.9. The van der Waals surface area contributed by atoms with Crippen LogP contribution in [0.3, 0.4) is 0 Å². The van der Waals surface area contributed by atoms with Crippen molar-refractivity contribution in [1.82, 2.24) is 15.1 Å². The van der Waals surface area contributed by atoms with Crippen molar-refractivity contribution in [3.63, 3.8) is 0 Å². The zero-order valence-corrected chi connectivity index (χ0v) is 11.2. The van der Waals surface area contributed by atoms with Gasteiger partial charge in [-0.3, -0.25) is 4.79 Å². The maximum atomic E-state index is 11.9. The molecule has 0 unspecified atom stereocenters. The molecule has 2 heterocycles. The topological polar surface area (TPSA) is 50.2 Å². The minimum absolute atomic E-state index is 0.00451. The van der Waals surface area contributed by atoms with Crippen LogP contribution in [0.4, 0.5) is 5.69 Å². The molecule has 0 radical (unpaired) electrons. The normalized spacial score (nSPS) is 16.8. The summed E-state index contributed by atoms with van der Waals surface area (Å²) in [6.07, 6.45) is 5.23. The predicted octanol–water partition coefficient (Wildman–Crippen LogP) is 0.699. The zero-order chi connectivity index (χ0) is 13.0. The number of piperidine rings is 1. The van der Waals surface area contributed by atoms with Crippen LogP contribution in [0.1, 0.15) is 19.3 Å². The van der Waals surface area contributed by atoms with Gasteiger partial charge in [-0.25, -0.2) is 4.68 Å². The molecule has 1 aromatic rings. The third-order valence-electron chi connectivity index (χ3n) is 3.58. The van der Waals surface area contributed by atoms with Crippen LogP contribution < -0.4 is 15.8 Å². The summed E-state index contributed by atoms with van der Waals surface area (Å²) in [6, 6.07) is 1.65. The Balaban J connectivity index is 1.95. The van der Waals surface area contributed by atoms with Crippen molar-refractivity contribution in [2.24, 2.45) is 5.92 Å². The molecule has 100 valence electrons. The lowest BCUT2D eigenvalue weighted by atomic mass is 9.95. The van der Waals surface area contributed by atoms with Crippen LogP contribution in [-0.2, 0) is 6.54 Å². The summed E-state index contributed by atoms with van der Waals surface area (Å²) in [4.78, 5) is 13.8. The Kier molecular flexibility index (Phi) is 4.36. The maximum Gasteiger partial charge on any atom is 0.268 e. The van der Waals surface area contributed by atoms with Gasteiger partial charge in [0.1, 0.15) is 0 Å². The number of nitrogens with one attached hydrogen (secondary N) is 1.